The number of para-hydroxylation sites is 2. The van der Waals surface area contributed by atoms with E-state index in [-0.39, 0.29) is 11.6 Å². The third-order valence-electron chi connectivity index (χ3n) is 1.70. The Morgan fingerprint density at radius 2 is 1.87 bits per heavy atom. The molecule has 82 valence electrons. The van der Waals surface area contributed by atoms with Gasteiger partial charge in [-0.25, -0.2) is 4.79 Å². The molecule has 0 radical (unpaired) electrons. The maximum Gasteiger partial charge on any atom is 0.319 e. The Labute approximate surface area is 89.9 Å². The Morgan fingerprint density at radius 3 is 2.40 bits per heavy atom. The van der Waals surface area contributed by atoms with E-state index in [1.165, 1.54) is 0 Å². The number of urea groups is 1. The molecule has 0 aliphatic heterocycles. The first-order valence-electron chi connectivity index (χ1n) is 4.82. The molecule has 0 saturated heterocycles. The van der Waals surface area contributed by atoms with Crippen LogP contribution in [0.15, 0.2) is 24.3 Å². The summed E-state index contributed by atoms with van der Waals surface area (Å²) in [5, 5.41) is 5.48. The van der Waals surface area contributed by atoms with E-state index >= 15 is 0 Å². The number of hydrogen-bond donors (Lipinski definition) is 3. The predicted octanol–water partition coefficient (Wildman–Crippen LogP) is 2.19. The van der Waals surface area contributed by atoms with Gasteiger partial charge in [0.05, 0.1) is 11.4 Å². The van der Waals surface area contributed by atoms with Crippen molar-refractivity contribution >= 4 is 17.4 Å². The zero-order valence-electron chi connectivity index (χ0n) is 9.29. The topological polar surface area (TPSA) is 67.2 Å². The van der Waals surface area contributed by atoms with E-state index in [4.69, 9.17) is 5.73 Å². The van der Waals surface area contributed by atoms with Gasteiger partial charge in [-0.1, -0.05) is 12.1 Å². The Morgan fingerprint density at radius 1 is 1.27 bits per heavy atom. The molecule has 0 fully saturated rings. The maximum absolute atomic E-state index is 11.5. The third-order valence-corrected chi connectivity index (χ3v) is 1.70. The second kappa shape index (κ2) is 4.21. The molecule has 15 heavy (non-hydrogen) atoms. The minimum Gasteiger partial charge on any atom is -0.397 e. The molecule has 4 N–H and O–H groups in total. The number of nitrogens with one attached hydrogen (secondary N) is 2. The molecule has 0 heterocycles. The molecule has 0 aromatic heterocycles. The maximum atomic E-state index is 11.5. The van der Waals surface area contributed by atoms with Crippen molar-refractivity contribution in [2.24, 2.45) is 0 Å². The van der Waals surface area contributed by atoms with Crippen molar-refractivity contribution in [3.63, 3.8) is 0 Å². The van der Waals surface area contributed by atoms with Crippen LogP contribution in [0, 0.1) is 0 Å². The van der Waals surface area contributed by atoms with Gasteiger partial charge in [-0.05, 0) is 32.9 Å². The van der Waals surface area contributed by atoms with Crippen LogP contribution in [0.2, 0.25) is 0 Å². The third kappa shape index (κ3) is 3.89. The Kier molecular flexibility index (Phi) is 3.19. The molecule has 0 unspecified atom stereocenters. The van der Waals surface area contributed by atoms with Gasteiger partial charge in [-0.3, -0.25) is 0 Å². The van der Waals surface area contributed by atoms with E-state index in [2.05, 4.69) is 10.6 Å². The molecule has 0 bridgehead atoms. The van der Waals surface area contributed by atoms with E-state index in [0.717, 1.165) is 0 Å². The van der Waals surface area contributed by atoms with Crippen LogP contribution in [0.5, 0.6) is 0 Å². The van der Waals surface area contributed by atoms with Crippen LogP contribution in [0.3, 0.4) is 0 Å². The summed E-state index contributed by atoms with van der Waals surface area (Å²) in [5.74, 6) is 0. The molecule has 2 amide bonds. The molecular formula is C11H17N3O. The first kappa shape index (κ1) is 11.4. The van der Waals surface area contributed by atoms with Gasteiger partial charge in [-0.2, -0.15) is 0 Å². The molecule has 0 aliphatic rings. The smallest absolute Gasteiger partial charge is 0.319 e. The Balaban J connectivity index is 2.64. The largest absolute Gasteiger partial charge is 0.397 e. The van der Waals surface area contributed by atoms with Crippen LogP contribution in [-0.2, 0) is 0 Å². The second-order valence-corrected chi connectivity index (χ2v) is 4.42. The molecule has 4 nitrogen and oxygen atoms in total. The lowest BCUT2D eigenvalue weighted by molar-refractivity contribution is 0.244. The summed E-state index contributed by atoms with van der Waals surface area (Å²) in [6.07, 6.45) is 0. The average Bonchev–Trinajstić information content (AvgIpc) is 2.05. The van der Waals surface area contributed by atoms with Crippen molar-refractivity contribution in [1.82, 2.24) is 5.32 Å². The zero-order chi connectivity index (χ0) is 11.5. The van der Waals surface area contributed by atoms with Crippen LogP contribution in [0.4, 0.5) is 16.2 Å². The molecule has 4 heteroatoms. The van der Waals surface area contributed by atoms with Gasteiger partial charge in [0.25, 0.3) is 0 Å². The SMILES string of the molecule is CC(C)(C)NC(=O)Nc1ccccc1N. The summed E-state index contributed by atoms with van der Waals surface area (Å²) in [4.78, 5) is 11.5. The number of hydrogen-bond acceptors (Lipinski definition) is 2. The molecule has 1 rings (SSSR count). The van der Waals surface area contributed by atoms with Crippen LogP contribution in [0.1, 0.15) is 20.8 Å². The van der Waals surface area contributed by atoms with E-state index in [1.807, 2.05) is 32.9 Å². The molecule has 1 aromatic rings. The Hall–Kier alpha value is -1.71. The van der Waals surface area contributed by atoms with Crippen molar-refractivity contribution in [2.75, 3.05) is 11.1 Å². The number of anilines is 2. The van der Waals surface area contributed by atoms with Crippen molar-refractivity contribution in [2.45, 2.75) is 26.3 Å². The fourth-order valence-corrected chi connectivity index (χ4v) is 1.10. The van der Waals surface area contributed by atoms with Crippen LogP contribution in [-0.4, -0.2) is 11.6 Å². The van der Waals surface area contributed by atoms with E-state index in [0.29, 0.717) is 11.4 Å². The first-order chi connectivity index (χ1) is 6.88. The standard InChI is InChI=1S/C11H17N3O/c1-11(2,3)14-10(15)13-9-7-5-4-6-8(9)12/h4-7H,12H2,1-3H3,(H2,13,14,15). The van der Waals surface area contributed by atoms with Crippen LogP contribution < -0.4 is 16.4 Å². The van der Waals surface area contributed by atoms with Gasteiger partial charge in [-0.15, -0.1) is 0 Å². The number of nitrogen functional groups attached to an aromatic ring is 1. The number of nitrogens with two attached hydrogens (primary N) is 1. The van der Waals surface area contributed by atoms with Gasteiger partial charge in [0, 0.05) is 5.54 Å². The minimum absolute atomic E-state index is 0.250. The molecular weight excluding hydrogens is 190 g/mol. The van der Waals surface area contributed by atoms with Crippen LogP contribution in [0.25, 0.3) is 0 Å². The monoisotopic (exact) mass is 207 g/mol. The lowest BCUT2D eigenvalue weighted by Crippen LogP contribution is -2.43. The highest BCUT2D eigenvalue weighted by Crippen LogP contribution is 2.16. The lowest BCUT2D eigenvalue weighted by Gasteiger charge is -2.21. The molecule has 0 atom stereocenters. The number of rotatable bonds is 1. The van der Waals surface area contributed by atoms with Gasteiger partial charge >= 0.3 is 6.03 Å². The van der Waals surface area contributed by atoms with Crippen molar-refractivity contribution in [3.8, 4) is 0 Å². The highest BCUT2D eigenvalue weighted by atomic mass is 16.2. The second-order valence-electron chi connectivity index (χ2n) is 4.42. The van der Waals surface area contributed by atoms with E-state index in [9.17, 15) is 4.79 Å². The number of carbonyl (C=O) groups excluding carboxylic acids is 1. The summed E-state index contributed by atoms with van der Waals surface area (Å²) in [7, 11) is 0. The summed E-state index contributed by atoms with van der Waals surface area (Å²) >= 11 is 0. The van der Waals surface area contributed by atoms with Crippen molar-refractivity contribution < 1.29 is 4.79 Å². The fourth-order valence-electron chi connectivity index (χ4n) is 1.10. The van der Waals surface area contributed by atoms with E-state index < -0.39 is 0 Å². The first-order valence-corrected chi connectivity index (χ1v) is 4.82. The molecule has 0 saturated carbocycles. The summed E-state index contributed by atoms with van der Waals surface area (Å²) in [5.41, 5.74) is 6.62. The number of amides is 2. The Bertz CT molecular complexity index is 355. The van der Waals surface area contributed by atoms with Gasteiger partial charge in [0.2, 0.25) is 0 Å². The highest BCUT2D eigenvalue weighted by Gasteiger charge is 2.13. The molecule has 0 aliphatic carbocycles. The van der Waals surface area contributed by atoms with Gasteiger partial charge in [0.1, 0.15) is 0 Å². The van der Waals surface area contributed by atoms with Crippen molar-refractivity contribution in [3.05, 3.63) is 24.3 Å². The van der Waals surface area contributed by atoms with Crippen LogP contribution >= 0.6 is 0 Å². The quantitative estimate of drug-likeness (QED) is 0.618. The number of benzene rings is 1. The summed E-state index contributed by atoms with van der Waals surface area (Å²) in [6, 6.07) is 6.90. The van der Waals surface area contributed by atoms with Gasteiger partial charge in [0.15, 0.2) is 0 Å². The molecule has 1 aromatic carbocycles. The highest BCUT2D eigenvalue weighted by molar-refractivity contribution is 5.92. The predicted molar refractivity (Wildman–Crippen MR) is 62.8 cm³/mol. The fraction of sp³-hybridized carbons (Fsp3) is 0.364. The lowest BCUT2D eigenvalue weighted by atomic mass is 10.1. The van der Waals surface area contributed by atoms with Gasteiger partial charge < -0.3 is 16.4 Å². The van der Waals surface area contributed by atoms with E-state index in [1.54, 1.807) is 12.1 Å². The summed E-state index contributed by atoms with van der Waals surface area (Å²) < 4.78 is 0. The zero-order valence-corrected chi connectivity index (χ0v) is 9.29. The summed E-state index contributed by atoms with van der Waals surface area (Å²) in [6.45, 7) is 5.75. The normalized spacial score (nSPS) is 10.9. The average molecular weight is 207 g/mol. The minimum atomic E-state index is -0.256. The van der Waals surface area contributed by atoms with Crippen molar-refractivity contribution in [1.29, 1.82) is 0 Å². The number of carbonyl (C=O) groups is 1. The molecule has 0 spiro atoms.